The Morgan fingerprint density at radius 2 is 1.64 bits per heavy atom. The van der Waals surface area contributed by atoms with Crippen LogP contribution in [0.1, 0.15) is 59.3 Å². The van der Waals surface area contributed by atoms with E-state index in [1.54, 1.807) is 0 Å². The molecule has 0 aliphatic heterocycles. The molecular weight excluding hydrogens is 172 g/mol. The van der Waals surface area contributed by atoms with Crippen molar-refractivity contribution < 1.29 is 4.79 Å². The fraction of sp³-hybridized carbons (Fsp3) is 0.923. The molecule has 14 heavy (non-hydrogen) atoms. The first-order valence-electron chi connectivity index (χ1n) is 6.22. The third kappa shape index (κ3) is 2.83. The van der Waals surface area contributed by atoms with Gasteiger partial charge in [-0.3, -0.25) is 4.79 Å². The molecule has 0 aromatic heterocycles. The molecule has 1 fully saturated rings. The first-order valence-corrected chi connectivity index (χ1v) is 6.22. The lowest BCUT2D eigenvalue weighted by Gasteiger charge is -2.27. The van der Waals surface area contributed by atoms with E-state index in [1.165, 1.54) is 12.8 Å². The van der Waals surface area contributed by atoms with Crippen LogP contribution >= 0.6 is 0 Å². The fourth-order valence-electron chi connectivity index (χ4n) is 2.57. The zero-order valence-corrected chi connectivity index (χ0v) is 9.88. The van der Waals surface area contributed by atoms with Crippen LogP contribution in [0.2, 0.25) is 0 Å². The van der Waals surface area contributed by atoms with Crippen molar-refractivity contribution in [1.29, 1.82) is 0 Å². The maximum absolute atomic E-state index is 12.1. The summed E-state index contributed by atoms with van der Waals surface area (Å²) < 4.78 is 0. The summed E-state index contributed by atoms with van der Waals surface area (Å²) in [5.74, 6) is 2.15. The SMILES string of the molecule is CCC(CC)C(=O)C1CCC(C)CC1. The van der Waals surface area contributed by atoms with Crippen LogP contribution in [0.25, 0.3) is 0 Å². The third-order valence-electron chi connectivity index (χ3n) is 3.81. The highest BCUT2D eigenvalue weighted by molar-refractivity contribution is 5.83. The molecule has 0 amide bonds. The number of ketones is 1. The molecule has 0 aromatic carbocycles. The van der Waals surface area contributed by atoms with Gasteiger partial charge >= 0.3 is 0 Å². The molecule has 1 rings (SSSR count). The van der Waals surface area contributed by atoms with Gasteiger partial charge in [0.25, 0.3) is 0 Å². The summed E-state index contributed by atoms with van der Waals surface area (Å²) in [4.78, 5) is 12.1. The monoisotopic (exact) mass is 196 g/mol. The van der Waals surface area contributed by atoms with Crippen LogP contribution in [0.3, 0.4) is 0 Å². The lowest BCUT2D eigenvalue weighted by Crippen LogP contribution is -2.26. The van der Waals surface area contributed by atoms with Gasteiger partial charge in [-0.25, -0.2) is 0 Å². The van der Waals surface area contributed by atoms with Gasteiger partial charge in [-0.05, 0) is 31.6 Å². The number of carbonyl (C=O) groups excluding carboxylic acids is 1. The lowest BCUT2D eigenvalue weighted by atomic mass is 9.77. The minimum Gasteiger partial charge on any atom is -0.299 e. The molecule has 0 bridgehead atoms. The van der Waals surface area contributed by atoms with E-state index in [0.717, 1.165) is 31.6 Å². The molecule has 0 heterocycles. The van der Waals surface area contributed by atoms with Gasteiger partial charge in [0.05, 0.1) is 0 Å². The zero-order chi connectivity index (χ0) is 10.6. The predicted octanol–water partition coefficient (Wildman–Crippen LogP) is 3.82. The van der Waals surface area contributed by atoms with Crippen LogP contribution in [0.15, 0.2) is 0 Å². The van der Waals surface area contributed by atoms with Crippen LogP contribution in [0.5, 0.6) is 0 Å². The highest BCUT2D eigenvalue weighted by Crippen LogP contribution is 2.31. The van der Waals surface area contributed by atoms with Crippen molar-refractivity contribution in [3.8, 4) is 0 Å². The van der Waals surface area contributed by atoms with Gasteiger partial charge in [0.15, 0.2) is 0 Å². The van der Waals surface area contributed by atoms with Gasteiger partial charge in [0.2, 0.25) is 0 Å². The molecule has 0 radical (unpaired) electrons. The van der Waals surface area contributed by atoms with Crippen LogP contribution in [0, 0.1) is 17.8 Å². The van der Waals surface area contributed by atoms with E-state index in [2.05, 4.69) is 20.8 Å². The van der Waals surface area contributed by atoms with Gasteiger partial charge < -0.3 is 0 Å². The van der Waals surface area contributed by atoms with Crippen molar-refractivity contribution in [3.05, 3.63) is 0 Å². The van der Waals surface area contributed by atoms with E-state index >= 15 is 0 Å². The minimum absolute atomic E-state index is 0.341. The fourth-order valence-corrected chi connectivity index (χ4v) is 2.57. The summed E-state index contributed by atoms with van der Waals surface area (Å²) in [6.45, 7) is 6.58. The van der Waals surface area contributed by atoms with Gasteiger partial charge in [-0.2, -0.15) is 0 Å². The van der Waals surface area contributed by atoms with E-state index in [9.17, 15) is 4.79 Å². The van der Waals surface area contributed by atoms with Crippen molar-refractivity contribution in [1.82, 2.24) is 0 Å². The highest BCUT2D eigenvalue weighted by atomic mass is 16.1. The molecule has 0 N–H and O–H groups in total. The van der Waals surface area contributed by atoms with E-state index < -0.39 is 0 Å². The average molecular weight is 196 g/mol. The number of Topliss-reactive ketones (excluding diaryl/α,β-unsaturated/α-hetero) is 1. The largest absolute Gasteiger partial charge is 0.299 e. The summed E-state index contributed by atoms with van der Waals surface area (Å²) >= 11 is 0. The molecule has 1 aliphatic carbocycles. The normalized spacial score (nSPS) is 28.0. The van der Waals surface area contributed by atoms with Gasteiger partial charge in [-0.1, -0.05) is 33.6 Å². The van der Waals surface area contributed by atoms with Crippen molar-refractivity contribution in [2.45, 2.75) is 59.3 Å². The highest BCUT2D eigenvalue weighted by Gasteiger charge is 2.27. The topological polar surface area (TPSA) is 17.1 Å². The van der Waals surface area contributed by atoms with Crippen molar-refractivity contribution in [2.24, 2.45) is 17.8 Å². The number of hydrogen-bond acceptors (Lipinski definition) is 1. The lowest BCUT2D eigenvalue weighted by molar-refractivity contribution is -0.128. The third-order valence-corrected chi connectivity index (χ3v) is 3.81. The Bertz CT molecular complexity index is 174. The number of hydrogen-bond donors (Lipinski definition) is 0. The quantitative estimate of drug-likeness (QED) is 0.668. The van der Waals surface area contributed by atoms with E-state index in [1.807, 2.05) is 0 Å². The Morgan fingerprint density at radius 1 is 1.14 bits per heavy atom. The second-order valence-electron chi connectivity index (χ2n) is 4.87. The molecule has 1 nitrogen and oxygen atoms in total. The van der Waals surface area contributed by atoms with Crippen LogP contribution in [0.4, 0.5) is 0 Å². The van der Waals surface area contributed by atoms with Crippen molar-refractivity contribution in [3.63, 3.8) is 0 Å². The Labute approximate surface area is 88.3 Å². The summed E-state index contributed by atoms with van der Waals surface area (Å²) in [5.41, 5.74) is 0. The van der Waals surface area contributed by atoms with E-state index in [-0.39, 0.29) is 0 Å². The Hall–Kier alpha value is -0.330. The molecule has 0 unspecified atom stereocenters. The second-order valence-corrected chi connectivity index (χ2v) is 4.87. The predicted molar refractivity (Wildman–Crippen MR) is 60.2 cm³/mol. The maximum Gasteiger partial charge on any atom is 0.139 e. The average Bonchev–Trinajstić information content (AvgIpc) is 2.20. The molecular formula is C13H24O. The second kappa shape index (κ2) is 5.53. The van der Waals surface area contributed by atoms with Crippen molar-refractivity contribution >= 4 is 5.78 Å². The Balaban J connectivity index is 2.44. The molecule has 82 valence electrons. The smallest absolute Gasteiger partial charge is 0.139 e. The standard InChI is InChI=1S/C13H24O/c1-4-11(5-2)13(14)12-8-6-10(3)7-9-12/h10-12H,4-9H2,1-3H3. The van der Waals surface area contributed by atoms with Gasteiger partial charge in [-0.15, -0.1) is 0 Å². The summed E-state index contributed by atoms with van der Waals surface area (Å²) in [5, 5.41) is 0. The minimum atomic E-state index is 0.341. The molecule has 0 aromatic rings. The van der Waals surface area contributed by atoms with Gasteiger partial charge in [0.1, 0.15) is 5.78 Å². The summed E-state index contributed by atoms with van der Waals surface area (Å²) in [6, 6.07) is 0. The summed E-state index contributed by atoms with van der Waals surface area (Å²) in [7, 11) is 0. The van der Waals surface area contributed by atoms with Crippen LogP contribution in [-0.4, -0.2) is 5.78 Å². The number of rotatable bonds is 4. The molecule has 0 saturated heterocycles. The number of carbonyl (C=O) groups is 1. The Morgan fingerprint density at radius 3 is 2.07 bits per heavy atom. The van der Waals surface area contributed by atoms with E-state index in [4.69, 9.17) is 0 Å². The molecule has 1 aliphatic rings. The molecule has 1 heteroatoms. The van der Waals surface area contributed by atoms with Crippen LogP contribution in [-0.2, 0) is 4.79 Å². The van der Waals surface area contributed by atoms with Gasteiger partial charge in [0, 0.05) is 11.8 Å². The first kappa shape index (κ1) is 11.7. The summed E-state index contributed by atoms with van der Waals surface area (Å²) in [6.07, 6.45) is 6.88. The molecule has 0 atom stereocenters. The first-order chi connectivity index (χ1) is 6.69. The van der Waals surface area contributed by atoms with Crippen molar-refractivity contribution in [2.75, 3.05) is 0 Å². The Kier molecular flexibility index (Phi) is 4.64. The zero-order valence-electron chi connectivity index (χ0n) is 9.88. The molecule has 0 spiro atoms. The van der Waals surface area contributed by atoms with Crippen LogP contribution < -0.4 is 0 Å². The van der Waals surface area contributed by atoms with E-state index in [0.29, 0.717) is 17.6 Å². The molecule has 1 saturated carbocycles. The maximum atomic E-state index is 12.1.